The third kappa shape index (κ3) is 8.19. The second-order valence-electron chi connectivity index (χ2n) is 4.84. The zero-order chi connectivity index (χ0) is 15.9. The Morgan fingerprint density at radius 1 is 1.33 bits per heavy atom. The van der Waals surface area contributed by atoms with Crippen molar-refractivity contribution in [2.24, 2.45) is 0 Å². The first kappa shape index (κ1) is 17.3. The molecule has 21 heavy (non-hydrogen) atoms. The van der Waals surface area contributed by atoms with Crippen molar-refractivity contribution in [1.82, 2.24) is 5.32 Å². The maximum Gasteiger partial charge on any atom is 0.573 e. The van der Waals surface area contributed by atoms with Gasteiger partial charge >= 0.3 is 6.36 Å². The fourth-order valence-electron chi connectivity index (χ4n) is 1.63. The Labute approximate surface area is 121 Å². The molecule has 1 aromatic carbocycles. The monoisotopic (exact) mass is 304 g/mol. The van der Waals surface area contributed by atoms with Gasteiger partial charge in [0.05, 0.1) is 0 Å². The minimum atomic E-state index is -4.74. The number of anilines is 1. The van der Waals surface area contributed by atoms with Gasteiger partial charge in [0.15, 0.2) is 0 Å². The van der Waals surface area contributed by atoms with Gasteiger partial charge in [-0.15, -0.1) is 13.2 Å². The van der Waals surface area contributed by atoms with Gasteiger partial charge in [0, 0.05) is 24.2 Å². The Morgan fingerprint density at radius 2 is 2.05 bits per heavy atom. The van der Waals surface area contributed by atoms with Crippen molar-refractivity contribution < 1.29 is 22.7 Å². The zero-order valence-corrected chi connectivity index (χ0v) is 12.0. The third-order valence-corrected chi connectivity index (χ3v) is 2.48. The molecule has 0 aliphatic rings. The summed E-state index contributed by atoms with van der Waals surface area (Å²) in [6.07, 6.45) is -3.79. The molecule has 2 N–H and O–H groups in total. The summed E-state index contributed by atoms with van der Waals surface area (Å²) >= 11 is 0. The number of alkyl halides is 3. The van der Waals surface area contributed by atoms with Crippen molar-refractivity contribution in [2.75, 3.05) is 11.9 Å². The van der Waals surface area contributed by atoms with Crippen molar-refractivity contribution >= 4 is 11.6 Å². The average Bonchev–Trinajstić information content (AvgIpc) is 2.32. The second kappa shape index (κ2) is 7.87. The Bertz CT molecular complexity index is 462. The van der Waals surface area contributed by atoms with E-state index in [9.17, 15) is 18.0 Å². The fraction of sp³-hybridized carbons (Fsp3) is 0.500. The molecule has 0 saturated carbocycles. The van der Waals surface area contributed by atoms with Crippen LogP contribution >= 0.6 is 0 Å². The summed E-state index contributed by atoms with van der Waals surface area (Å²) in [5.74, 6) is -0.605. The molecular formula is C14H19F3N2O2. The van der Waals surface area contributed by atoms with Crippen molar-refractivity contribution in [3.63, 3.8) is 0 Å². The lowest BCUT2D eigenvalue weighted by Crippen LogP contribution is -2.24. The van der Waals surface area contributed by atoms with Gasteiger partial charge in [0.1, 0.15) is 5.75 Å². The molecule has 0 aliphatic heterocycles. The maximum atomic E-state index is 12.1. The van der Waals surface area contributed by atoms with Crippen molar-refractivity contribution in [1.29, 1.82) is 0 Å². The van der Waals surface area contributed by atoms with E-state index in [0.717, 1.165) is 6.07 Å². The maximum absolute atomic E-state index is 12.1. The predicted molar refractivity (Wildman–Crippen MR) is 74.1 cm³/mol. The molecule has 0 radical (unpaired) electrons. The van der Waals surface area contributed by atoms with Gasteiger partial charge in [-0.05, 0) is 25.1 Å². The molecular weight excluding hydrogens is 285 g/mol. The number of rotatable bonds is 7. The second-order valence-corrected chi connectivity index (χ2v) is 4.84. The normalized spacial score (nSPS) is 11.5. The quantitative estimate of drug-likeness (QED) is 0.760. The highest BCUT2D eigenvalue weighted by atomic mass is 19.4. The molecule has 1 amide bonds. The van der Waals surface area contributed by atoms with Crippen LogP contribution in [0.3, 0.4) is 0 Å². The molecule has 4 nitrogen and oxygen atoms in total. The van der Waals surface area contributed by atoms with Crippen LogP contribution in [-0.4, -0.2) is 24.9 Å². The first-order chi connectivity index (χ1) is 9.76. The lowest BCUT2D eigenvalue weighted by atomic mass is 10.2. The summed E-state index contributed by atoms with van der Waals surface area (Å²) in [5, 5.41) is 5.72. The van der Waals surface area contributed by atoms with Gasteiger partial charge in [-0.2, -0.15) is 0 Å². The Morgan fingerprint density at radius 3 is 2.67 bits per heavy atom. The van der Waals surface area contributed by atoms with Crippen molar-refractivity contribution in [3.8, 4) is 5.75 Å². The van der Waals surface area contributed by atoms with Crippen molar-refractivity contribution in [3.05, 3.63) is 24.3 Å². The summed E-state index contributed by atoms with van der Waals surface area (Å²) in [4.78, 5) is 11.7. The van der Waals surface area contributed by atoms with E-state index >= 15 is 0 Å². The summed E-state index contributed by atoms with van der Waals surface area (Å²) in [6.45, 7) is 4.72. The molecule has 1 aromatic rings. The van der Waals surface area contributed by atoms with Gasteiger partial charge < -0.3 is 15.4 Å². The lowest BCUT2D eigenvalue weighted by Gasteiger charge is -2.11. The van der Waals surface area contributed by atoms with Gasteiger partial charge in [-0.3, -0.25) is 4.79 Å². The molecule has 0 bridgehead atoms. The largest absolute Gasteiger partial charge is 0.573 e. The van der Waals surface area contributed by atoms with Gasteiger partial charge in [-0.1, -0.05) is 19.9 Å². The first-order valence-corrected chi connectivity index (χ1v) is 6.65. The summed E-state index contributed by atoms with van der Waals surface area (Å²) in [6, 6.07) is 5.56. The van der Waals surface area contributed by atoms with Crippen LogP contribution in [-0.2, 0) is 4.79 Å². The Hall–Kier alpha value is -1.76. The topological polar surface area (TPSA) is 50.4 Å². The highest BCUT2D eigenvalue weighted by Crippen LogP contribution is 2.25. The van der Waals surface area contributed by atoms with Crippen LogP contribution in [0.25, 0.3) is 0 Å². The Balaban J connectivity index is 2.43. The average molecular weight is 304 g/mol. The van der Waals surface area contributed by atoms with E-state index in [1.165, 1.54) is 18.2 Å². The van der Waals surface area contributed by atoms with Gasteiger partial charge in [0.25, 0.3) is 0 Å². The van der Waals surface area contributed by atoms with Crippen LogP contribution in [0.5, 0.6) is 5.75 Å². The molecule has 0 aliphatic carbocycles. The zero-order valence-electron chi connectivity index (χ0n) is 12.0. The number of benzene rings is 1. The van der Waals surface area contributed by atoms with Crippen LogP contribution in [0.4, 0.5) is 18.9 Å². The number of halogens is 3. The molecule has 1 rings (SSSR count). The first-order valence-electron chi connectivity index (χ1n) is 6.65. The number of hydrogen-bond donors (Lipinski definition) is 2. The highest BCUT2D eigenvalue weighted by Gasteiger charge is 2.31. The molecule has 0 spiro atoms. The SMILES string of the molecule is CC(C)NCCCC(=O)Nc1cccc(OC(F)(F)F)c1. The molecule has 0 fully saturated rings. The summed E-state index contributed by atoms with van der Waals surface area (Å²) < 4.78 is 40.1. The van der Waals surface area contributed by atoms with E-state index in [2.05, 4.69) is 15.4 Å². The molecule has 0 heterocycles. The molecule has 0 unspecified atom stereocenters. The van der Waals surface area contributed by atoms with Crippen LogP contribution < -0.4 is 15.4 Å². The molecule has 0 aromatic heterocycles. The highest BCUT2D eigenvalue weighted by molar-refractivity contribution is 5.90. The van der Waals surface area contributed by atoms with E-state index in [1.54, 1.807) is 0 Å². The molecule has 0 atom stereocenters. The van der Waals surface area contributed by atoms with Crippen LogP contribution in [0.2, 0.25) is 0 Å². The van der Waals surface area contributed by atoms with E-state index in [0.29, 0.717) is 25.4 Å². The molecule has 7 heteroatoms. The number of carbonyl (C=O) groups excluding carboxylic acids is 1. The number of carbonyl (C=O) groups is 1. The lowest BCUT2D eigenvalue weighted by molar-refractivity contribution is -0.274. The summed E-state index contributed by atoms with van der Waals surface area (Å²) in [5.41, 5.74) is 0.276. The molecule has 118 valence electrons. The smallest absolute Gasteiger partial charge is 0.406 e. The standard InChI is InChI=1S/C14H19F3N2O2/c1-10(2)18-8-4-7-13(20)19-11-5-3-6-12(9-11)21-14(15,16)17/h3,5-6,9-10,18H,4,7-8H2,1-2H3,(H,19,20). The third-order valence-electron chi connectivity index (χ3n) is 2.48. The van der Waals surface area contributed by atoms with Crippen LogP contribution in [0.1, 0.15) is 26.7 Å². The number of amides is 1. The van der Waals surface area contributed by atoms with E-state index < -0.39 is 6.36 Å². The van der Waals surface area contributed by atoms with E-state index in [1.807, 2.05) is 13.8 Å². The summed E-state index contributed by atoms with van der Waals surface area (Å²) in [7, 11) is 0. The van der Waals surface area contributed by atoms with Gasteiger partial charge in [-0.25, -0.2) is 0 Å². The minimum Gasteiger partial charge on any atom is -0.406 e. The van der Waals surface area contributed by atoms with Gasteiger partial charge in [0.2, 0.25) is 5.91 Å². The number of hydrogen-bond acceptors (Lipinski definition) is 3. The minimum absolute atomic E-state index is 0.246. The van der Waals surface area contributed by atoms with E-state index in [-0.39, 0.29) is 17.3 Å². The number of ether oxygens (including phenoxy) is 1. The molecule has 0 saturated heterocycles. The van der Waals surface area contributed by atoms with E-state index in [4.69, 9.17) is 0 Å². The van der Waals surface area contributed by atoms with Crippen LogP contribution in [0.15, 0.2) is 24.3 Å². The number of nitrogens with one attached hydrogen (secondary N) is 2. The fourth-order valence-corrected chi connectivity index (χ4v) is 1.63. The Kier molecular flexibility index (Phi) is 6.48. The van der Waals surface area contributed by atoms with Crippen molar-refractivity contribution in [2.45, 2.75) is 39.1 Å². The van der Waals surface area contributed by atoms with Crippen LogP contribution in [0, 0.1) is 0 Å². The predicted octanol–water partition coefficient (Wildman–Crippen LogP) is 3.30.